The summed E-state index contributed by atoms with van der Waals surface area (Å²) in [7, 11) is 0. The first-order valence-corrected chi connectivity index (χ1v) is 6.81. The predicted octanol–water partition coefficient (Wildman–Crippen LogP) is 3.67. The van der Waals surface area contributed by atoms with Crippen LogP contribution in [-0.2, 0) is 16.0 Å². The van der Waals surface area contributed by atoms with Crippen LogP contribution >= 0.6 is 11.6 Å². The number of alkyl halides is 2. The van der Waals surface area contributed by atoms with Gasteiger partial charge in [-0.15, -0.1) is 0 Å². The highest BCUT2D eigenvalue weighted by Crippen LogP contribution is 2.45. The van der Waals surface area contributed by atoms with Gasteiger partial charge in [0.25, 0.3) is 6.43 Å². The van der Waals surface area contributed by atoms with Crippen LogP contribution in [0.1, 0.15) is 36.7 Å². The van der Waals surface area contributed by atoms with Crippen molar-refractivity contribution < 1.29 is 23.1 Å². The monoisotopic (exact) mass is 316 g/mol. The second-order valence-corrected chi connectivity index (χ2v) is 6.46. The Morgan fingerprint density at radius 2 is 2.00 bits per heavy atom. The molecule has 1 unspecified atom stereocenters. The molecule has 0 heterocycles. The minimum atomic E-state index is -3.16. The lowest BCUT2D eigenvalue weighted by Gasteiger charge is -2.29. The van der Waals surface area contributed by atoms with Gasteiger partial charge >= 0.3 is 5.97 Å². The smallest absolute Gasteiger partial charge is 0.326 e. The first-order valence-electron chi connectivity index (χ1n) is 6.43. The number of carbonyl (C=O) groups excluding carboxylic acids is 2. The maximum atomic E-state index is 13.6. The average molecular weight is 317 g/mol. The Morgan fingerprint density at radius 1 is 1.38 bits per heavy atom. The number of halogens is 3. The fourth-order valence-corrected chi connectivity index (χ4v) is 2.65. The molecule has 0 spiro atoms. The van der Waals surface area contributed by atoms with Crippen LogP contribution in [0.15, 0.2) is 18.2 Å². The zero-order valence-corrected chi connectivity index (χ0v) is 12.6. The summed E-state index contributed by atoms with van der Waals surface area (Å²) in [6.45, 7) is 4.68. The van der Waals surface area contributed by atoms with Crippen LogP contribution in [0.4, 0.5) is 8.78 Å². The fraction of sp³-hybridized carbons (Fsp3) is 0.467. The number of hydrogen-bond donors (Lipinski definition) is 0. The Labute approximate surface area is 126 Å². The Hall–Kier alpha value is -1.49. The quantitative estimate of drug-likeness (QED) is 0.617. The van der Waals surface area contributed by atoms with E-state index in [1.807, 2.05) is 0 Å². The predicted molar refractivity (Wildman–Crippen MR) is 73.8 cm³/mol. The number of Topliss-reactive ketones (excluding diaryl/α,β-unsaturated/α-hetero) is 1. The summed E-state index contributed by atoms with van der Waals surface area (Å²) < 4.78 is 32.3. The van der Waals surface area contributed by atoms with E-state index in [2.05, 4.69) is 0 Å². The highest BCUT2D eigenvalue weighted by molar-refractivity contribution is 6.35. The Bertz CT molecular complexity index is 607. The molecule has 0 aliphatic heterocycles. The van der Waals surface area contributed by atoms with E-state index in [1.165, 1.54) is 12.1 Å². The molecular weight excluding hydrogens is 302 g/mol. The molecule has 1 aliphatic carbocycles. The zero-order chi connectivity index (χ0) is 16.0. The normalized spacial score (nSPS) is 21.6. The van der Waals surface area contributed by atoms with Crippen molar-refractivity contribution in [3.05, 3.63) is 34.3 Å². The Kier molecular flexibility index (Phi) is 3.82. The number of rotatable bonds is 2. The van der Waals surface area contributed by atoms with Crippen LogP contribution in [0, 0.1) is 5.41 Å². The third-order valence-corrected chi connectivity index (χ3v) is 3.65. The second-order valence-electron chi connectivity index (χ2n) is 6.05. The lowest BCUT2D eigenvalue weighted by atomic mass is 9.84. The van der Waals surface area contributed by atoms with Gasteiger partial charge in [0.2, 0.25) is 0 Å². The molecule has 0 saturated carbocycles. The molecule has 2 rings (SSSR count). The molecule has 0 radical (unpaired) electrons. The van der Waals surface area contributed by atoms with Crippen molar-refractivity contribution in [3.8, 4) is 0 Å². The Morgan fingerprint density at radius 3 is 2.48 bits per heavy atom. The molecule has 1 aromatic carbocycles. The summed E-state index contributed by atoms with van der Waals surface area (Å²) in [5.74, 6) is -2.17. The molecule has 0 N–H and O–H groups in total. The van der Waals surface area contributed by atoms with Crippen LogP contribution in [0.3, 0.4) is 0 Å². The van der Waals surface area contributed by atoms with Gasteiger partial charge in [-0.05, 0) is 32.4 Å². The molecule has 0 saturated heterocycles. The lowest BCUT2D eigenvalue weighted by molar-refractivity contribution is -0.171. The van der Waals surface area contributed by atoms with Gasteiger partial charge in [-0.3, -0.25) is 9.59 Å². The van der Waals surface area contributed by atoms with Crippen LogP contribution in [0.2, 0.25) is 5.02 Å². The first kappa shape index (κ1) is 15.9. The van der Waals surface area contributed by atoms with E-state index in [4.69, 9.17) is 16.3 Å². The average Bonchev–Trinajstić information content (AvgIpc) is 2.63. The summed E-state index contributed by atoms with van der Waals surface area (Å²) in [6, 6.07) is 4.52. The molecule has 0 aromatic heterocycles. The molecule has 114 valence electrons. The van der Waals surface area contributed by atoms with Crippen LogP contribution in [-0.4, -0.2) is 23.8 Å². The summed E-state index contributed by atoms with van der Waals surface area (Å²) in [5.41, 5.74) is -3.12. The molecule has 0 bridgehead atoms. The number of esters is 1. The summed E-state index contributed by atoms with van der Waals surface area (Å²) in [4.78, 5) is 24.7. The van der Waals surface area contributed by atoms with Gasteiger partial charge in [0.05, 0.1) is 5.02 Å². The summed E-state index contributed by atoms with van der Waals surface area (Å²) in [6.07, 6.45) is -3.56. The highest BCUT2D eigenvalue weighted by Gasteiger charge is 2.60. The first-order chi connectivity index (χ1) is 9.59. The van der Waals surface area contributed by atoms with Gasteiger partial charge in [0.15, 0.2) is 11.2 Å². The molecular formula is C15H15ClF2O3. The van der Waals surface area contributed by atoms with E-state index >= 15 is 0 Å². The minimum absolute atomic E-state index is 0.00896. The fourth-order valence-electron chi connectivity index (χ4n) is 2.37. The van der Waals surface area contributed by atoms with Gasteiger partial charge in [0.1, 0.15) is 5.60 Å². The molecule has 1 aromatic rings. The lowest BCUT2D eigenvalue weighted by Crippen LogP contribution is -2.47. The number of hydrogen-bond acceptors (Lipinski definition) is 3. The molecule has 1 atom stereocenters. The number of ketones is 1. The van der Waals surface area contributed by atoms with Crippen molar-refractivity contribution in [2.24, 2.45) is 5.41 Å². The summed E-state index contributed by atoms with van der Waals surface area (Å²) >= 11 is 5.92. The maximum absolute atomic E-state index is 13.6. The SMILES string of the molecule is CC(C)(C)OC(=O)C1(C(F)F)Cc2cccc(Cl)c2C1=O. The van der Waals surface area contributed by atoms with E-state index in [0.717, 1.165) is 0 Å². The molecule has 3 nitrogen and oxygen atoms in total. The van der Waals surface area contributed by atoms with Crippen molar-refractivity contribution >= 4 is 23.4 Å². The molecule has 6 heteroatoms. The van der Waals surface area contributed by atoms with Crippen LogP contribution in [0.5, 0.6) is 0 Å². The van der Waals surface area contributed by atoms with Gasteiger partial charge in [-0.1, -0.05) is 23.7 Å². The number of ether oxygens (including phenoxy) is 1. The third kappa shape index (κ3) is 2.55. The minimum Gasteiger partial charge on any atom is -0.459 e. The van der Waals surface area contributed by atoms with E-state index in [-0.39, 0.29) is 10.6 Å². The second kappa shape index (κ2) is 5.05. The largest absolute Gasteiger partial charge is 0.459 e. The summed E-state index contributed by atoms with van der Waals surface area (Å²) in [5, 5.41) is 0.0728. The van der Waals surface area contributed by atoms with E-state index in [1.54, 1.807) is 26.8 Å². The molecule has 0 fully saturated rings. The molecule has 0 amide bonds. The molecule has 21 heavy (non-hydrogen) atoms. The van der Waals surface area contributed by atoms with E-state index in [0.29, 0.717) is 5.56 Å². The number of benzene rings is 1. The van der Waals surface area contributed by atoms with Crippen molar-refractivity contribution in [2.75, 3.05) is 0 Å². The van der Waals surface area contributed by atoms with Gasteiger partial charge in [0, 0.05) is 12.0 Å². The van der Waals surface area contributed by atoms with E-state index in [9.17, 15) is 18.4 Å². The highest BCUT2D eigenvalue weighted by atomic mass is 35.5. The maximum Gasteiger partial charge on any atom is 0.326 e. The third-order valence-electron chi connectivity index (χ3n) is 3.34. The van der Waals surface area contributed by atoms with Gasteiger partial charge in [-0.25, -0.2) is 8.78 Å². The zero-order valence-electron chi connectivity index (χ0n) is 11.9. The number of fused-ring (bicyclic) bond motifs is 1. The van der Waals surface area contributed by atoms with E-state index < -0.39 is 35.6 Å². The van der Waals surface area contributed by atoms with Crippen molar-refractivity contribution in [3.63, 3.8) is 0 Å². The van der Waals surface area contributed by atoms with Crippen molar-refractivity contribution in [2.45, 2.75) is 39.2 Å². The standard InChI is InChI=1S/C15H15ClF2O3/c1-14(2,3)21-13(20)15(12(17)18)7-8-5-4-6-9(16)10(8)11(15)19/h4-6,12H,7H2,1-3H3. The Balaban J connectivity index is 2.51. The van der Waals surface area contributed by atoms with Crippen molar-refractivity contribution in [1.29, 1.82) is 0 Å². The molecule has 1 aliphatic rings. The van der Waals surface area contributed by atoms with Gasteiger partial charge < -0.3 is 4.74 Å². The topological polar surface area (TPSA) is 43.4 Å². The van der Waals surface area contributed by atoms with Gasteiger partial charge in [-0.2, -0.15) is 0 Å². The van der Waals surface area contributed by atoms with Crippen LogP contribution < -0.4 is 0 Å². The van der Waals surface area contributed by atoms with Crippen LogP contribution in [0.25, 0.3) is 0 Å². The number of carbonyl (C=O) groups is 2. The van der Waals surface area contributed by atoms with Crippen molar-refractivity contribution in [1.82, 2.24) is 0 Å².